The van der Waals surface area contributed by atoms with Crippen molar-refractivity contribution in [2.45, 2.75) is 67.5 Å². The molecule has 1 atom stereocenters. The van der Waals surface area contributed by atoms with Crippen molar-refractivity contribution < 1.29 is 4.79 Å². The number of ketones is 1. The van der Waals surface area contributed by atoms with Gasteiger partial charge in [0, 0.05) is 49.7 Å². The molecule has 1 N–H and O–H groups in total. The zero-order valence-electron chi connectivity index (χ0n) is 24.5. The maximum atomic E-state index is 13.7. The first-order valence-corrected chi connectivity index (χ1v) is 14.0. The number of nitrogens with zero attached hydrogens (tertiary/aromatic N) is 6. The highest BCUT2D eigenvalue weighted by molar-refractivity contribution is 6.29. The molecule has 214 valence electrons. The first kappa shape index (κ1) is 29.3. The highest BCUT2D eigenvalue weighted by atomic mass is 35.5. The number of carbonyl (C=O) groups is 1. The second-order valence-electron chi connectivity index (χ2n) is 11.0. The lowest BCUT2D eigenvalue weighted by Gasteiger charge is -2.11. The van der Waals surface area contributed by atoms with Crippen molar-refractivity contribution in [2.24, 2.45) is 25.9 Å². The Labute approximate surface area is 238 Å². The average molecular weight is 568 g/mol. The van der Waals surface area contributed by atoms with E-state index in [9.17, 15) is 14.4 Å². The molecule has 4 rings (SSSR count). The van der Waals surface area contributed by atoms with Crippen LogP contribution in [-0.4, -0.2) is 39.2 Å². The number of carbonyl (C=O) groups excluding carboxylic acids is 1. The topological polar surface area (TPSA) is 112 Å². The predicted molar refractivity (Wildman–Crippen MR) is 158 cm³/mol. The van der Waals surface area contributed by atoms with Crippen molar-refractivity contribution in [1.82, 2.24) is 33.4 Å². The van der Waals surface area contributed by atoms with Gasteiger partial charge in [-0.3, -0.25) is 23.4 Å². The summed E-state index contributed by atoms with van der Waals surface area (Å²) in [6.07, 6.45) is 6.89. The highest BCUT2D eigenvalue weighted by Gasteiger charge is 2.27. The van der Waals surface area contributed by atoms with Gasteiger partial charge >= 0.3 is 5.69 Å². The fraction of sp³-hybridized carbons (Fsp3) is 0.483. The Balaban J connectivity index is 2.03. The quantitative estimate of drug-likeness (QED) is 0.282. The molecule has 4 aromatic heterocycles. The molecule has 0 aromatic carbocycles. The van der Waals surface area contributed by atoms with Crippen LogP contribution in [0.2, 0.25) is 0 Å². The standard InChI is InChI=1S/C29H38ClN7O3/c1-9-17(4)25(38)22-15-34(7)27(32-22)24-23-26(36(13-16(2)3)29(40)35(8)28(23)39)33-37(24)14-20-12-31-19(6)21(20)11-10-18(5)30/h10,12,15-17,31H,9,11,13-14H2,1-8H3/b18-10+. The van der Waals surface area contributed by atoms with Crippen molar-refractivity contribution in [3.8, 4) is 11.5 Å². The Kier molecular flexibility index (Phi) is 8.39. The van der Waals surface area contributed by atoms with E-state index < -0.39 is 11.2 Å². The summed E-state index contributed by atoms with van der Waals surface area (Å²) in [5, 5.41) is 5.86. The van der Waals surface area contributed by atoms with Crippen molar-refractivity contribution >= 4 is 28.4 Å². The number of fused-ring (bicyclic) bond motifs is 1. The summed E-state index contributed by atoms with van der Waals surface area (Å²) in [6.45, 7) is 12.4. The largest absolute Gasteiger partial charge is 0.365 e. The van der Waals surface area contributed by atoms with Gasteiger partial charge in [-0.1, -0.05) is 45.4 Å². The van der Waals surface area contributed by atoms with Gasteiger partial charge in [-0.15, -0.1) is 0 Å². The van der Waals surface area contributed by atoms with Gasteiger partial charge in [0.25, 0.3) is 5.56 Å². The van der Waals surface area contributed by atoms with Gasteiger partial charge in [0.2, 0.25) is 0 Å². The van der Waals surface area contributed by atoms with E-state index in [1.165, 1.54) is 7.05 Å². The lowest BCUT2D eigenvalue weighted by molar-refractivity contribution is 0.0922. The first-order valence-electron chi connectivity index (χ1n) is 13.6. The van der Waals surface area contributed by atoms with Gasteiger partial charge < -0.3 is 9.55 Å². The molecule has 0 bridgehead atoms. The molecule has 40 heavy (non-hydrogen) atoms. The summed E-state index contributed by atoms with van der Waals surface area (Å²) in [5.74, 6) is 0.337. The molecular formula is C29H38ClN7O3. The molecular weight excluding hydrogens is 530 g/mol. The van der Waals surface area contributed by atoms with Crippen molar-refractivity contribution in [1.29, 1.82) is 0 Å². The molecule has 10 nitrogen and oxygen atoms in total. The Morgan fingerprint density at radius 2 is 1.90 bits per heavy atom. The van der Waals surface area contributed by atoms with Crippen LogP contribution in [0.4, 0.5) is 0 Å². The third-order valence-corrected chi connectivity index (χ3v) is 7.54. The summed E-state index contributed by atoms with van der Waals surface area (Å²) in [5.41, 5.74) is 3.29. The number of imidazole rings is 1. The van der Waals surface area contributed by atoms with E-state index in [0.717, 1.165) is 21.4 Å². The number of H-pyrrole nitrogens is 1. The van der Waals surface area contributed by atoms with Crippen LogP contribution < -0.4 is 11.2 Å². The normalized spacial score (nSPS) is 13.1. The molecule has 1 unspecified atom stereocenters. The summed E-state index contributed by atoms with van der Waals surface area (Å²) in [6, 6.07) is 0. The minimum absolute atomic E-state index is 0.0592. The number of allylic oxidation sites excluding steroid dienone is 2. The smallest absolute Gasteiger partial charge is 0.332 e. The van der Waals surface area contributed by atoms with Gasteiger partial charge in [0.1, 0.15) is 16.8 Å². The lowest BCUT2D eigenvalue weighted by Crippen LogP contribution is -2.38. The molecule has 0 amide bonds. The molecule has 0 aliphatic heterocycles. The first-order chi connectivity index (χ1) is 18.8. The number of Topliss-reactive ketones (excluding diaryl/α,β-unsaturated/α-hetero) is 1. The number of hydrogen-bond donors (Lipinski definition) is 1. The molecule has 4 heterocycles. The van der Waals surface area contributed by atoms with Crippen molar-refractivity contribution in [3.63, 3.8) is 0 Å². The maximum Gasteiger partial charge on any atom is 0.332 e. The van der Waals surface area contributed by atoms with E-state index in [0.29, 0.717) is 59.2 Å². The van der Waals surface area contributed by atoms with Crippen LogP contribution >= 0.6 is 11.6 Å². The van der Waals surface area contributed by atoms with Crippen LogP contribution in [0.3, 0.4) is 0 Å². The summed E-state index contributed by atoms with van der Waals surface area (Å²) in [7, 11) is 3.28. The highest BCUT2D eigenvalue weighted by Crippen LogP contribution is 2.28. The van der Waals surface area contributed by atoms with Crippen LogP contribution in [-0.2, 0) is 33.6 Å². The fourth-order valence-electron chi connectivity index (χ4n) is 4.92. The van der Waals surface area contributed by atoms with Gasteiger partial charge in [-0.2, -0.15) is 5.10 Å². The van der Waals surface area contributed by atoms with E-state index in [2.05, 4.69) is 4.98 Å². The molecule has 0 aliphatic rings. The number of halogens is 1. The van der Waals surface area contributed by atoms with Crippen LogP contribution in [0.25, 0.3) is 22.6 Å². The minimum atomic E-state index is -0.453. The van der Waals surface area contributed by atoms with Crippen LogP contribution in [0, 0.1) is 18.8 Å². The van der Waals surface area contributed by atoms with Gasteiger partial charge in [0.15, 0.2) is 17.3 Å². The average Bonchev–Trinajstić information content (AvgIpc) is 3.57. The Bertz CT molecular complexity index is 1720. The van der Waals surface area contributed by atoms with E-state index >= 15 is 0 Å². The third kappa shape index (κ3) is 5.37. The second-order valence-corrected chi connectivity index (χ2v) is 11.6. The number of aromatic amines is 1. The Hall–Kier alpha value is -3.66. The van der Waals surface area contributed by atoms with Crippen molar-refractivity contribution in [2.75, 3.05) is 0 Å². The van der Waals surface area contributed by atoms with Crippen molar-refractivity contribution in [3.05, 3.63) is 66.9 Å². The summed E-state index contributed by atoms with van der Waals surface area (Å²) < 4.78 is 6.15. The maximum absolute atomic E-state index is 13.7. The van der Waals surface area contributed by atoms with Gasteiger partial charge in [-0.05, 0) is 43.7 Å². The zero-order chi connectivity index (χ0) is 29.5. The van der Waals surface area contributed by atoms with Crippen LogP contribution in [0.15, 0.2) is 33.1 Å². The van der Waals surface area contributed by atoms with E-state index in [1.807, 2.05) is 53.8 Å². The molecule has 0 fully saturated rings. The fourth-order valence-corrected chi connectivity index (χ4v) is 4.99. The predicted octanol–water partition coefficient (Wildman–Crippen LogP) is 4.55. The Morgan fingerprint density at radius 3 is 2.52 bits per heavy atom. The monoisotopic (exact) mass is 567 g/mol. The van der Waals surface area contributed by atoms with E-state index in [4.69, 9.17) is 21.7 Å². The van der Waals surface area contributed by atoms with Gasteiger partial charge in [-0.25, -0.2) is 9.78 Å². The summed E-state index contributed by atoms with van der Waals surface area (Å²) >= 11 is 6.13. The molecule has 0 aliphatic carbocycles. The number of hydrogen-bond acceptors (Lipinski definition) is 5. The van der Waals surface area contributed by atoms with Crippen LogP contribution in [0.1, 0.15) is 68.3 Å². The molecule has 11 heteroatoms. The number of aryl methyl sites for hydroxylation is 2. The zero-order valence-corrected chi connectivity index (χ0v) is 25.3. The SMILES string of the molecule is CCC(C)C(=O)c1cn(C)c(-c2c3c(=O)n(C)c(=O)n(CC(C)C)c3nn2Cc2c[nH]c(C)c2C/C=C(\C)Cl)n1. The molecule has 0 saturated carbocycles. The van der Waals surface area contributed by atoms with Gasteiger partial charge in [0.05, 0.1) is 6.54 Å². The molecule has 4 aromatic rings. The van der Waals surface area contributed by atoms with Crippen LogP contribution in [0.5, 0.6) is 0 Å². The lowest BCUT2D eigenvalue weighted by atomic mass is 10.0. The molecule has 0 radical (unpaired) electrons. The Morgan fingerprint density at radius 1 is 1.20 bits per heavy atom. The number of aromatic nitrogens is 7. The molecule has 0 spiro atoms. The van der Waals surface area contributed by atoms with E-state index in [-0.39, 0.29) is 17.6 Å². The molecule has 0 saturated heterocycles. The minimum Gasteiger partial charge on any atom is -0.365 e. The number of rotatable bonds is 10. The third-order valence-electron chi connectivity index (χ3n) is 7.39. The second kappa shape index (κ2) is 11.4. The summed E-state index contributed by atoms with van der Waals surface area (Å²) in [4.78, 5) is 47.9. The van der Waals surface area contributed by atoms with E-state index in [1.54, 1.807) is 27.1 Å². The number of nitrogens with one attached hydrogen (secondary N) is 1.